The summed E-state index contributed by atoms with van der Waals surface area (Å²) in [5, 5.41) is 4.00. The fraction of sp³-hybridized carbons (Fsp3) is 0.333. The molecule has 0 spiro atoms. The number of benzene rings is 3. The van der Waals surface area contributed by atoms with E-state index in [0.717, 1.165) is 11.1 Å². The molecule has 0 saturated carbocycles. The second kappa shape index (κ2) is 13.4. The molecule has 7 heteroatoms. The molecule has 0 aromatic heterocycles. The molecule has 0 saturated heterocycles. The number of carbonyl (C=O) groups is 2. The first-order chi connectivity index (χ1) is 17.5. The molecule has 0 radical (unpaired) electrons. The number of nitrogens with zero attached hydrogens (tertiary/aromatic N) is 1. The van der Waals surface area contributed by atoms with Crippen LogP contribution in [0.1, 0.15) is 43.0 Å². The van der Waals surface area contributed by atoms with E-state index in [1.54, 1.807) is 23.1 Å². The van der Waals surface area contributed by atoms with Gasteiger partial charge in [-0.3, -0.25) is 9.59 Å². The van der Waals surface area contributed by atoms with Crippen LogP contribution in [0.15, 0.2) is 72.8 Å². The zero-order valence-electron chi connectivity index (χ0n) is 21.8. The Hall–Kier alpha value is -2.47. The number of nitrogens with one attached hydrogen (secondary N) is 1. The smallest absolute Gasteiger partial charge is 0.243 e. The summed E-state index contributed by atoms with van der Waals surface area (Å²) in [5.41, 5.74) is 3.48. The molecule has 1 N–H and O–H groups in total. The molecule has 0 aliphatic carbocycles. The van der Waals surface area contributed by atoms with E-state index in [0.29, 0.717) is 27.8 Å². The van der Waals surface area contributed by atoms with Gasteiger partial charge < -0.3 is 10.2 Å². The van der Waals surface area contributed by atoms with Crippen LogP contribution in [-0.4, -0.2) is 34.0 Å². The van der Waals surface area contributed by atoms with Gasteiger partial charge in [-0.15, -0.1) is 11.8 Å². The summed E-state index contributed by atoms with van der Waals surface area (Å²) in [7, 11) is 0. The van der Waals surface area contributed by atoms with Crippen molar-refractivity contribution in [2.75, 3.05) is 5.75 Å². The number of rotatable bonds is 10. The van der Waals surface area contributed by atoms with Crippen LogP contribution in [-0.2, 0) is 28.3 Å². The van der Waals surface area contributed by atoms with Crippen LogP contribution in [0.25, 0.3) is 0 Å². The summed E-state index contributed by atoms with van der Waals surface area (Å²) in [6, 6.07) is 22.5. The molecule has 0 heterocycles. The van der Waals surface area contributed by atoms with Crippen molar-refractivity contribution in [2.24, 2.45) is 0 Å². The molecule has 37 heavy (non-hydrogen) atoms. The summed E-state index contributed by atoms with van der Waals surface area (Å²) in [4.78, 5) is 29.0. The predicted octanol–water partition coefficient (Wildman–Crippen LogP) is 7.09. The molecule has 4 nitrogen and oxygen atoms in total. The van der Waals surface area contributed by atoms with E-state index in [4.69, 9.17) is 23.2 Å². The van der Waals surface area contributed by atoms with Gasteiger partial charge in [0.25, 0.3) is 0 Å². The number of amides is 2. The third-order valence-electron chi connectivity index (χ3n) is 5.74. The SMILES string of the molecule is Cc1cccc(CSCC(=O)N(Cc2c(Cl)cccc2Cl)[C@@H](Cc2ccccc2)C(=O)NC(C)(C)C)c1. The van der Waals surface area contributed by atoms with Gasteiger partial charge in [0.05, 0.1) is 5.75 Å². The van der Waals surface area contributed by atoms with E-state index >= 15 is 0 Å². The second-order valence-electron chi connectivity index (χ2n) is 10.1. The fourth-order valence-corrected chi connectivity index (χ4v) is 5.38. The van der Waals surface area contributed by atoms with Crippen LogP contribution in [0, 0.1) is 6.92 Å². The molecule has 0 unspecified atom stereocenters. The maximum atomic E-state index is 13.8. The Bertz CT molecular complexity index is 1190. The Morgan fingerprint density at radius 3 is 2.16 bits per heavy atom. The van der Waals surface area contributed by atoms with Gasteiger partial charge in [0.1, 0.15) is 6.04 Å². The molecule has 3 rings (SSSR count). The third-order valence-corrected chi connectivity index (χ3v) is 7.43. The Labute approximate surface area is 234 Å². The van der Waals surface area contributed by atoms with Crippen LogP contribution in [0.2, 0.25) is 10.0 Å². The molecule has 0 aliphatic rings. The predicted molar refractivity (Wildman–Crippen MR) is 156 cm³/mol. The molecule has 3 aromatic carbocycles. The lowest BCUT2D eigenvalue weighted by Gasteiger charge is -2.34. The highest BCUT2D eigenvalue weighted by molar-refractivity contribution is 7.99. The van der Waals surface area contributed by atoms with Gasteiger partial charge >= 0.3 is 0 Å². The first-order valence-corrected chi connectivity index (χ1v) is 14.2. The van der Waals surface area contributed by atoms with Gasteiger partial charge in [0, 0.05) is 39.9 Å². The van der Waals surface area contributed by atoms with Crippen LogP contribution in [0.3, 0.4) is 0 Å². The van der Waals surface area contributed by atoms with Crippen LogP contribution in [0.5, 0.6) is 0 Å². The highest BCUT2D eigenvalue weighted by Crippen LogP contribution is 2.28. The highest BCUT2D eigenvalue weighted by Gasteiger charge is 2.32. The van der Waals surface area contributed by atoms with Crippen molar-refractivity contribution in [3.8, 4) is 0 Å². The molecule has 1 atom stereocenters. The molecule has 3 aromatic rings. The van der Waals surface area contributed by atoms with E-state index < -0.39 is 11.6 Å². The van der Waals surface area contributed by atoms with Gasteiger partial charge in [0.15, 0.2) is 0 Å². The maximum Gasteiger partial charge on any atom is 0.243 e. The quantitative estimate of drug-likeness (QED) is 0.290. The van der Waals surface area contributed by atoms with Crippen molar-refractivity contribution >= 4 is 46.8 Å². The average molecular weight is 558 g/mol. The van der Waals surface area contributed by atoms with Crippen molar-refractivity contribution in [1.29, 1.82) is 0 Å². The van der Waals surface area contributed by atoms with Gasteiger partial charge in [-0.1, -0.05) is 89.4 Å². The van der Waals surface area contributed by atoms with Gasteiger partial charge in [-0.05, 0) is 51.0 Å². The maximum absolute atomic E-state index is 13.8. The minimum atomic E-state index is -0.735. The first-order valence-electron chi connectivity index (χ1n) is 12.2. The standard InChI is InChI=1S/C30H34Cl2N2O2S/c1-21-10-8-13-23(16-21)19-37-20-28(35)34(18-24-25(31)14-9-15-26(24)32)27(29(36)33-30(2,3)4)17-22-11-6-5-7-12-22/h5-16,27H,17-20H2,1-4H3,(H,33,36)/t27-/m0/s1. The Morgan fingerprint density at radius 1 is 0.919 bits per heavy atom. The van der Waals surface area contributed by atoms with E-state index in [1.807, 2.05) is 57.2 Å². The van der Waals surface area contributed by atoms with E-state index in [9.17, 15) is 9.59 Å². The van der Waals surface area contributed by atoms with Gasteiger partial charge in [0.2, 0.25) is 11.8 Å². The van der Waals surface area contributed by atoms with Crippen molar-refractivity contribution in [2.45, 2.75) is 58.0 Å². The second-order valence-corrected chi connectivity index (χ2v) is 11.9. The molecule has 196 valence electrons. The molecule has 0 bridgehead atoms. The van der Waals surface area contributed by atoms with Crippen molar-refractivity contribution in [3.05, 3.63) is 105 Å². The zero-order valence-corrected chi connectivity index (χ0v) is 24.1. The summed E-state index contributed by atoms with van der Waals surface area (Å²) in [5.74, 6) is 0.575. The highest BCUT2D eigenvalue weighted by atomic mass is 35.5. The van der Waals surface area contributed by atoms with Crippen LogP contribution in [0.4, 0.5) is 0 Å². The fourth-order valence-electron chi connectivity index (χ4n) is 4.00. The Morgan fingerprint density at radius 2 is 1.54 bits per heavy atom. The zero-order chi connectivity index (χ0) is 27.0. The minimum absolute atomic E-state index is 0.136. The minimum Gasteiger partial charge on any atom is -0.350 e. The monoisotopic (exact) mass is 556 g/mol. The van der Waals surface area contributed by atoms with Crippen molar-refractivity contribution in [3.63, 3.8) is 0 Å². The summed E-state index contributed by atoms with van der Waals surface area (Å²) in [6.45, 7) is 7.98. The molecule has 0 fully saturated rings. The summed E-state index contributed by atoms with van der Waals surface area (Å²) in [6.07, 6.45) is 0.374. The van der Waals surface area contributed by atoms with Crippen LogP contribution >= 0.6 is 35.0 Å². The molecule has 0 aliphatic heterocycles. The molecular weight excluding hydrogens is 523 g/mol. The Balaban J connectivity index is 1.92. The van der Waals surface area contributed by atoms with Crippen molar-refractivity contribution < 1.29 is 9.59 Å². The summed E-state index contributed by atoms with van der Waals surface area (Å²) >= 11 is 14.5. The number of thioether (sulfide) groups is 1. The summed E-state index contributed by atoms with van der Waals surface area (Å²) < 4.78 is 0. The number of hydrogen-bond acceptors (Lipinski definition) is 3. The first kappa shape index (κ1) is 29.1. The number of aryl methyl sites for hydroxylation is 1. The topological polar surface area (TPSA) is 49.4 Å². The average Bonchev–Trinajstić information content (AvgIpc) is 2.82. The van der Waals surface area contributed by atoms with Gasteiger partial charge in [-0.2, -0.15) is 0 Å². The van der Waals surface area contributed by atoms with E-state index in [-0.39, 0.29) is 24.1 Å². The number of halogens is 2. The van der Waals surface area contributed by atoms with Gasteiger partial charge in [-0.25, -0.2) is 0 Å². The molecular formula is C30H34Cl2N2O2S. The lowest BCUT2D eigenvalue weighted by atomic mass is 10.0. The number of hydrogen-bond donors (Lipinski definition) is 1. The van der Waals surface area contributed by atoms with E-state index in [2.05, 4.69) is 30.4 Å². The Kier molecular flexibility index (Phi) is 10.5. The van der Waals surface area contributed by atoms with Crippen molar-refractivity contribution in [1.82, 2.24) is 10.2 Å². The largest absolute Gasteiger partial charge is 0.350 e. The lowest BCUT2D eigenvalue weighted by Crippen LogP contribution is -2.54. The lowest BCUT2D eigenvalue weighted by molar-refractivity contribution is -0.140. The number of carbonyl (C=O) groups excluding carboxylic acids is 2. The molecule has 2 amide bonds. The third kappa shape index (κ3) is 9.10. The van der Waals surface area contributed by atoms with E-state index in [1.165, 1.54) is 17.3 Å². The normalized spacial score (nSPS) is 12.2. The van der Waals surface area contributed by atoms with Crippen LogP contribution < -0.4 is 5.32 Å².